The molecule has 23 heavy (non-hydrogen) atoms. The van der Waals surface area contributed by atoms with Crippen molar-refractivity contribution < 1.29 is 13.5 Å². The third-order valence-corrected chi connectivity index (χ3v) is 3.24. The molecule has 1 aromatic heterocycles. The van der Waals surface area contributed by atoms with E-state index in [1.54, 1.807) is 18.5 Å². The van der Waals surface area contributed by atoms with Crippen LogP contribution in [-0.4, -0.2) is 6.21 Å². The molecule has 0 spiro atoms. The van der Waals surface area contributed by atoms with Crippen LogP contribution >= 0.6 is 0 Å². The van der Waals surface area contributed by atoms with Gasteiger partial charge in [0.25, 0.3) is 0 Å². The molecule has 0 aliphatic carbocycles. The minimum absolute atomic E-state index is 0.255. The zero-order valence-corrected chi connectivity index (χ0v) is 12.5. The van der Waals surface area contributed by atoms with E-state index in [-0.39, 0.29) is 5.82 Å². The summed E-state index contributed by atoms with van der Waals surface area (Å²) in [5.41, 5.74) is 1.78. The summed E-state index contributed by atoms with van der Waals surface area (Å²) < 4.78 is 23.9. The summed E-state index contributed by atoms with van der Waals surface area (Å²) in [5.74, 6) is 1.31. The first-order valence-corrected chi connectivity index (χ1v) is 7.29. The van der Waals surface area contributed by atoms with Crippen molar-refractivity contribution in [2.24, 2.45) is 4.99 Å². The maximum Gasteiger partial charge on any atom is 0.125 e. The minimum atomic E-state index is -0.255. The van der Waals surface area contributed by atoms with Gasteiger partial charge in [-0.25, -0.2) is 4.39 Å². The van der Waals surface area contributed by atoms with Gasteiger partial charge in [-0.1, -0.05) is 12.1 Å². The van der Waals surface area contributed by atoms with E-state index in [4.69, 9.17) is 9.15 Å². The molecule has 2 aromatic carbocycles. The lowest BCUT2D eigenvalue weighted by Gasteiger charge is -2.06. The Morgan fingerprint density at radius 1 is 1.04 bits per heavy atom. The average molecular weight is 309 g/mol. The van der Waals surface area contributed by atoms with Crippen LogP contribution in [0.1, 0.15) is 16.9 Å². The van der Waals surface area contributed by atoms with E-state index >= 15 is 0 Å². The van der Waals surface area contributed by atoms with Gasteiger partial charge in [-0.15, -0.1) is 0 Å². The largest absolute Gasteiger partial charge is 0.489 e. The quantitative estimate of drug-likeness (QED) is 0.623. The predicted octanol–water partition coefficient (Wildman–Crippen LogP) is 4.62. The molecule has 0 saturated carbocycles. The molecular formula is C19H16FNO2. The molecule has 4 heteroatoms. The van der Waals surface area contributed by atoms with Gasteiger partial charge in [0.15, 0.2) is 0 Å². The Morgan fingerprint density at radius 2 is 1.91 bits per heavy atom. The van der Waals surface area contributed by atoms with Gasteiger partial charge < -0.3 is 9.15 Å². The Balaban J connectivity index is 1.53. The number of benzene rings is 2. The van der Waals surface area contributed by atoms with Crippen molar-refractivity contribution in [1.29, 1.82) is 0 Å². The van der Waals surface area contributed by atoms with E-state index in [2.05, 4.69) is 4.99 Å². The number of rotatable bonds is 6. The standard InChI is InChI=1S/C19H16FNO2/c20-17-4-1-3-16(11-17)14-23-18-8-6-15(7-9-18)12-21-13-19-5-2-10-22-19/h1-12H,13-14H2. The van der Waals surface area contributed by atoms with Crippen molar-refractivity contribution in [2.45, 2.75) is 13.2 Å². The lowest BCUT2D eigenvalue weighted by atomic mass is 10.2. The molecule has 0 atom stereocenters. The van der Waals surface area contributed by atoms with Crippen molar-refractivity contribution >= 4 is 6.21 Å². The number of hydrogen-bond acceptors (Lipinski definition) is 3. The van der Waals surface area contributed by atoms with Crippen LogP contribution in [-0.2, 0) is 13.2 Å². The average Bonchev–Trinajstić information content (AvgIpc) is 3.08. The monoisotopic (exact) mass is 309 g/mol. The van der Waals surface area contributed by atoms with Crippen LogP contribution in [0.5, 0.6) is 5.75 Å². The van der Waals surface area contributed by atoms with E-state index in [1.165, 1.54) is 12.1 Å². The molecule has 0 bridgehead atoms. The highest BCUT2D eigenvalue weighted by Crippen LogP contribution is 2.14. The molecule has 0 aliphatic rings. The minimum Gasteiger partial charge on any atom is -0.489 e. The number of nitrogens with zero attached hydrogens (tertiary/aromatic N) is 1. The Kier molecular flexibility index (Phi) is 4.84. The number of halogens is 1. The highest BCUT2D eigenvalue weighted by Gasteiger charge is 1.98. The lowest BCUT2D eigenvalue weighted by molar-refractivity contribution is 0.305. The maximum atomic E-state index is 13.1. The molecule has 0 saturated heterocycles. The number of ether oxygens (including phenoxy) is 1. The van der Waals surface area contributed by atoms with Crippen molar-refractivity contribution in [3.8, 4) is 5.75 Å². The van der Waals surface area contributed by atoms with Crippen molar-refractivity contribution in [3.05, 3.63) is 89.6 Å². The fourth-order valence-corrected chi connectivity index (χ4v) is 2.09. The molecule has 3 rings (SSSR count). The van der Waals surface area contributed by atoms with Crippen LogP contribution in [0.3, 0.4) is 0 Å². The number of furan rings is 1. The first-order valence-electron chi connectivity index (χ1n) is 7.29. The second kappa shape index (κ2) is 7.40. The Hall–Kier alpha value is -2.88. The van der Waals surface area contributed by atoms with Crippen LogP contribution in [0.4, 0.5) is 4.39 Å². The maximum absolute atomic E-state index is 13.1. The van der Waals surface area contributed by atoms with Crippen LogP contribution in [0.2, 0.25) is 0 Å². The molecule has 0 aliphatic heterocycles. The topological polar surface area (TPSA) is 34.7 Å². The van der Waals surface area contributed by atoms with Gasteiger partial charge >= 0.3 is 0 Å². The summed E-state index contributed by atoms with van der Waals surface area (Å²) in [6.07, 6.45) is 3.43. The van der Waals surface area contributed by atoms with Crippen LogP contribution < -0.4 is 4.74 Å². The number of aliphatic imine (C=N–C) groups is 1. The zero-order chi connectivity index (χ0) is 15.9. The van der Waals surface area contributed by atoms with Crippen molar-refractivity contribution in [2.75, 3.05) is 0 Å². The predicted molar refractivity (Wildman–Crippen MR) is 87.2 cm³/mol. The van der Waals surface area contributed by atoms with E-state index < -0.39 is 0 Å². The molecule has 3 aromatic rings. The first kappa shape index (κ1) is 15.0. The van der Waals surface area contributed by atoms with E-state index in [0.29, 0.717) is 13.2 Å². The molecule has 1 heterocycles. The molecule has 0 radical (unpaired) electrons. The lowest BCUT2D eigenvalue weighted by Crippen LogP contribution is -1.96. The Labute approximate surface area is 134 Å². The fraction of sp³-hybridized carbons (Fsp3) is 0.105. The summed E-state index contributed by atoms with van der Waals surface area (Å²) in [5, 5.41) is 0. The van der Waals surface area contributed by atoms with Gasteiger partial charge in [-0.3, -0.25) is 4.99 Å². The smallest absolute Gasteiger partial charge is 0.125 e. The third-order valence-electron chi connectivity index (χ3n) is 3.24. The van der Waals surface area contributed by atoms with E-state index in [9.17, 15) is 4.39 Å². The normalized spacial score (nSPS) is 11.0. The fourth-order valence-electron chi connectivity index (χ4n) is 2.09. The van der Waals surface area contributed by atoms with Gasteiger partial charge in [-0.05, 0) is 59.7 Å². The Morgan fingerprint density at radius 3 is 2.65 bits per heavy atom. The summed E-state index contributed by atoms with van der Waals surface area (Å²) in [7, 11) is 0. The van der Waals surface area contributed by atoms with Gasteiger partial charge in [-0.2, -0.15) is 0 Å². The highest BCUT2D eigenvalue weighted by molar-refractivity contribution is 5.79. The summed E-state index contributed by atoms with van der Waals surface area (Å²) in [6.45, 7) is 0.856. The highest BCUT2D eigenvalue weighted by atomic mass is 19.1. The SMILES string of the molecule is Fc1cccc(COc2ccc(C=NCc3ccco3)cc2)c1. The van der Waals surface area contributed by atoms with Gasteiger partial charge in [0.05, 0.1) is 12.8 Å². The number of hydrogen-bond donors (Lipinski definition) is 0. The Bertz CT molecular complexity index is 764. The molecule has 0 N–H and O–H groups in total. The van der Waals surface area contributed by atoms with Crippen LogP contribution in [0.25, 0.3) is 0 Å². The second-order valence-electron chi connectivity index (χ2n) is 5.04. The van der Waals surface area contributed by atoms with Gasteiger partial charge in [0.1, 0.15) is 23.9 Å². The van der Waals surface area contributed by atoms with Crippen LogP contribution in [0, 0.1) is 5.82 Å². The summed E-state index contributed by atoms with van der Waals surface area (Å²) in [4.78, 5) is 4.32. The van der Waals surface area contributed by atoms with Gasteiger partial charge in [0.2, 0.25) is 0 Å². The molecule has 116 valence electrons. The molecule has 0 unspecified atom stereocenters. The van der Waals surface area contributed by atoms with E-state index in [1.807, 2.05) is 42.5 Å². The zero-order valence-electron chi connectivity index (χ0n) is 12.5. The first-order chi connectivity index (χ1) is 11.3. The van der Waals surface area contributed by atoms with E-state index in [0.717, 1.165) is 22.6 Å². The second-order valence-corrected chi connectivity index (χ2v) is 5.04. The third kappa shape index (κ3) is 4.54. The molecular weight excluding hydrogens is 293 g/mol. The van der Waals surface area contributed by atoms with Crippen molar-refractivity contribution in [3.63, 3.8) is 0 Å². The van der Waals surface area contributed by atoms with Crippen molar-refractivity contribution in [1.82, 2.24) is 0 Å². The van der Waals surface area contributed by atoms with Gasteiger partial charge in [0, 0.05) is 6.21 Å². The molecule has 0 fully saturated rings. The molecule has 0 amide bonds. The summed E-state index contributed by atoms with van der Waals surface area (Å²) >= 11 is 0. The molecule has 3 nitrogen and oxygen atoms in total. The van der Waals surface area contributed by atoms with Crippen LogP contribution in [0.15, 0.2) is 76.3 Å². The summed E-state index contributed by atoms with van der Waals surface area (Å²) in [6, 6.07) is 17.7.